The lowest BCUT2D eigenvalue weighted by Gasteiger charge is -2.07. The molecule has 5 heteroatoms. The molecule has 0 saturated heterocycles. The zero-order valence-electron chi connectivity index (χ0n) is 8.43. The number of ether oxygens (including phenoxy) is 1. The van der Waals surface area contributed by atoms with Crippen LogP contribution in [0.4, 0.5) is 10.1 Å². The minimum Gasteiger partial charge on any atom is -0.483 e. The van der Waals surface area contributed by atoms with E-state index in [1.165, 1.54) is 18.2 Å². The average molecular weight is 219 g/mol. The highest BCUT2D eigenvalue weighted by Crippen LogP contribution is 2.22. The smallest absolute Gasteiger partial charge is 0.166 e. The van der Waals surface area contributed by atoms with Crippen molar-refractivity contribution in [2.75, 3.05) is 5.73 Å². The Morgan fingerprint density at radius 3 is 2.69 bits per heavy atom. The molecule has 0 bridgehead atoms. The van der Waals surface area contributed by atoms with Gasteiger partial charge in [-0.15, -0.1) is 0 Å². The second-order valence-electron chi connectivity index (χ2n) is 3.14. The summed E-state index contributed by atoms with van der Waals surface area (Å²) in [5, 5.41) is 0. The summed E-state index contributed by atoms with van der Waals surface area (Å²) in [6.07, 6.45) is 3.25. The van der Waals surface area contributed by atoms with Gasteiger partial charge in [-0.2, -0.15) is 0 Å². The van der Waals surface area contributed by atoms with Gasteiger partial charge in [-0.05, 0) is 18.2 Å². The van der Waals surface area contributed by atoms with E-state index in [1.807, 2.05) is 0 Å². The van der Waals surface area contributed by atoms with Crippen molar-refractivity contribution in [1.82, 2.24) is 9.97 Å². The second kappa shape index (κ2) is 4.57. The van der Waals surface area contributed by atoms with Crippen molar-refractivity contribution in [3.63, 3.8) is 0 Å². The lowest BCUT2D eigenvalue weighted by atomic mass is 10.3. The molecular formula is C11H10FN3O. The van der Waals surface area contributed by atoms with Gasteiger partial charge in [-0.1, -0.05) is 0 Å². The van der Waals surface area contributed by atoms with E-state index in [0.717, 1.165) is 0 Å². The SMILES string of the molecule is Nc1cc(F)ccc1OCc1ncccn1. The zero-order chi connectivity index (χ0) is 11.4. The first-order valence-electron chi connectivity index (χ1n) is 4.69. The Morgan fingerprint density at radius 1 is 1.25 bits per heavy atom. The molecule has 0 aliphatic rings. The molecule has 16 heavy (non-hydrogen) atoms. The third-order valence-corrected chi connectivity index (χ3v) is 1.95. The Kier molecular flexibility index (Phi) is 2.95. The summed E-state index contributed by atoms with van der Waals surface area (Å²) in [5.74, 6) is 0.584. The summed E-state index contributed by atoms with van der Waals surface area (Å²) in [6, 6.07) is 5.70. The average Bonchev–Trinajstić information content (AvgIpc) is 2.29. The van der Waals surface area contributed by atoms with Crippen LogP contribution in [-0.4, -0.2) is 9.97 Å². The highest BCUT2D eigenvalue weighted by molar-refractivity contribution is 5.52. The maximum absolute atomic E-state index is 12.8. The summed E-state index contributed by atoms with van der Waals surface area (Å²) >= 11 is 0. The molecule has 0 atom stereocenters. The van der Waals surface area contributed by atoms with E-state index in [-0.39, 0.29) is 18.1 Å². The monoisotopic (exact) mass is 219 g/mol. The topological polar surface area (TPSA) is 61.0 Å². The highest BCUT2D eigenvalue weighted by Gasteiger charge is 2.03. The van der Waals surface area contributed by atoms with E-state index in [4.69, 9.17) is 10.5 Å². The number of nitrogens with two attached hydrogens (primary N) is 1. The van der Waals surface area contributed by atoms with Crippen molar-refractivity contribution in [2.45, 2.75) is 6.61 Å². The Hall–Kier alpha value is -2.17. The Bertz CT molecular complexity index is 476. The minimum absolute atomic E-state index is 0.205. The fourth-order valence-electron chi connectivity index (χ4n) is 1.20. The van der Waals surface area contributed by atoms with E-state index in [1.54, 1.807) is 18.5 Å². The normalized spacial score (nSPS) is 10.1. The van der Waals surface area contributed by atoms with E-state index in [0.29, 0.717) is 11.6 Å². The minimum atomic E-state index is -0.388. The van der Waals surface area contributed by atoms with Gasteiger partial charge >= 0.3 is 0 Å². The van der Waals surface area contributed by atoms with Crippen molar-refractivity contribution in [1.29, 1.82) is 0 Å². The largest absolute Gasteiger partial charge is 0.483 e. The van der Waals surface area contributed by atoms with Gasteiger partial charge in [-0.3, -0.25) is 0 Å². The fourth-order valence-corrected chi connectivity index (χ4v) is 1.20. The summed E-state index contributed by atoms with van der Waals surface area (Å²) in [5.41, 5.74) is 5.84. The van der Waals surface area contributed by atoms with Crippen LogP contribution in [0.25, 0.3) is 0 Å². The molecule has 1 heterocycles. The molecule has 1 aromatic carbocycles. The first-order valence-corrected chi connectivity index (χ1v) is 4.69. The summed E-state index contributed by atoms with van der Waals surface area (Å²) in [6.45, 7) is 0.205. The van der Waals surface area contributed by atoms with Crippen LogP contribution in [0.15, 0.2) is 36.7 Å². The van der Waals surface area contributed by atoms with Crippen LogP contribution in [0.5, 0.6) is 5.75 Å². The first-order chi connectivity index (χ1) is 7.75. The molecule has 2 N–H and O–H groups in total. The number of halogens is 1. The van der Waals surface area contributed by atoms with Gasteiger partial charge in [0.05, 0.1) is 5.69 Å². The molecule has 0 fully saturated rings. The molecule has 4 nitrogen and oxygen atoms in total. The van der Waals surface area contributed by atoms with Crippen LogP contribution in [0.2, 0.25) is 0 Å². The lowest BCUT2D eigenvalue weighted by molar-refractivity contribution is 0.297. The predicted octanol–water partition coefficient (Wildman–Crippen LogP) is 1.78. The Labute approximate surface area is 91.9 Å². The molecular weight excluding hydrogens is 209 g/mol. The number of nitrogen functional groups attached to an aromatic ring is 1. The van der Waals surface area contributed by atoms with Gasteiger partial charge in [0.1, 0.15) is 18.2 Å². The predicted molar refractivity (Wildman–Crippen MR) is 57.2 cm³/mol. The number of rotatable bonds is 3. The van der Waals surface area contributed by atoms with Crippen molar-refractivity contribution in [3.8, 4) is 5.75 Å². The standard InChI is InChI=1S/C11H10FN3O/c12-8-2-3-10(9(13)6-8)16-7-11-14-4-1-5-15-11/h1-6H,7,13H2. The van der Waals surface area contributed by atoms with E-state index in [9.17, 15) is 4.39 Å². The first kappa shape index (κ1) is 10.4. The van der Waals surface area contributed by atoms with E-state index >= 15 is 0 Å². The maximum atomic E-state index is 12.8. The van der Waals surface area contributed by atoms with Gasteiger partial charge in [-0.25, -0.2) is 14.4 Å². The highest BCUT2D eigenvalue weighted by atomic mass is 19.1. The summed E-state index contributed by atoms with van der Waals surface area (Å²) < 4.78 is 18.1. The van der Waals surface area contributed by atoms with Crippen molar-refractivity contribution < 1.29 is 9.13 Å². The van der Waals surface area contributed by atoms with Crippen molar-refractivity contribution in [3.05, 3.63) is 48.3 Å². The van der Waals surface area contributed by atoms with Crippen LogP contribution < -0.4 is 10.5 Å². The second-order valence-corrected chi connectivity index (χ2v) is 3.14. The van der Waals surface area contributed by atoms with Crippen molar-refractivity contribution in [2.24, 2.45) is 0 Å². The van der Waals surface area contributed by atoms with Gasteiger partial charge < -0.3 is 10.5 Å². The quantitative estimate of drug-likeness (QED) is 0.799. The van der Waals surface area contributed by atoms with Crippen LogP contribution >= 0.6 is 0 Å². The molecule has 2 aromatic rings. The molecule has 0 radical (unpaired) electrons. The van der Waals surface area contributed by atoms with Crippen LogP contribution in [0.3, 0.4) is 0 Å². The maximum Gasteiger partial charge on any atom is 0.166 e. The fraction of sp³-hybridized carbons (Fsp3) is 0.0909. The molecule has 0 saturated carbocycles. The summed E-state index contributed by atoms with van der Waals surface area (Å²) in [4.78, 5) is 7.98. The van der Waals surface area contributed by atoms with Crippen LogP contribution in [0, 0.1) is 5.82 Å². The van der Waals surface area contributed by atoms with Gasteiger partial charge in [0.15, 0.2) is 5.82 Å². The van der Waals surface area contributed by atoms with E-state index < -0.39 is 0 Å². The van der Waals surface area contributed by atoms with Gasteiger partial charge in [0, 0.05) is 18.5 Å². The third kappa shape index (κ3) is 2.44. The van der Waals surface area contributed by atoms with E-state index in [2.05, 4.69) is 9.97 Å². The van der Waals surface area contributed by atoms with Crippen molar-refractivity contribution >= 4 is 5.69 Å². The molecule has 82 valence electrons. The number of benzene rings is 1. The number of hydrogen-bond donors (Lipinski definition) is 1. The molecule has 1 aromatic heterocycles. The Morgan fingerprint density at radius 2 is 2.00 bits per heavy atom. The molecule has 0 aliphatic carbocycles. The van der Waals surface area contributed by atoms with Gasteiger partial charge in [0.2, 0.25) is 0 Å². The Balaban J connectivity index is 2.05. The summed E-state index contributed by atoms with van der Waals surface area (Å²) in [7, 11) is 0. The molecule has 0 aliphatic heterocycles. The molecule has 2 rings (SSSR count). The van der Waals surface area contributed by atoms with Crippen LogP contribution in [-0.2, 0) is 6.61 Å². The lowest BCUT2D eigenvalue weighted by Crippen LogP contribution is -2.02. The molecule has 0 amide bonds. The third-order valence-electron chi connectivity index (χ3n) is 1.95. The number of nitrogens with zero attached hydrogens (tertiary/aromatic N) is 2. The van der Waals surface area contributed by atoms with Crippen LogP contribution in [0.1, 0.15) is 5.82 Å². The number of anilines is 1. The molecule has 0 unspecified atom stereocenters. The number of aromatic nitrogens is 2. The molecule has 0 spiro atoms. The van der Waals surface area contributed by atoms with Gasteiger partial charge in [0.25, 0.3) is 0 Å². The zero-order valence-corrected chi connectivity index (χ0v) is 8.43. The number of hydrogen-bond acceptors (Lipinski definition) is 4.